The molecule has 0 aromatic heterocycles. The summed E-state index contributed by atoms with van der Waals surface area (Å²) in [6.07, 6.45) is 15.7. The molecule has 0 amide bonds. The van der Waals surface area contributed by atoms with Crippen molar-refractivity contribution in [3.63, 3.8) is 0 Å². The molecule has 5 rings (SSSR count). The number of esters is 1. The van der Waals surface area contributed by atoms with Gasteiger partial charge in [0.15, 0.2) is 0 Å². The summed E-state index contributed by atoms with van der Waals surface area (Å²) in [5.74, 6) is 1.96. The van der Waals surface area contributed by atoms with Gasteiger partial charge in [-0.1, -0.05) is 40.7 Å². The molecule has 0 aliphatic heterocycles. The van der Waals surface area contributed by atoms with Crippen molar-refractivity contribution in [2.45, 2.75) is 125 Å². The second-order valence-corrected chi connectivity index (χ2v) is 14.9. The average molecular weight is 499 g/mol. The quantitative estimate of drug-likeness (QED) is 0.300. The van der Waals surface area contributed by atoms with E-state index in [0.717, 1.165) is 31.1 Å². The first-order valence-electron chi connectivity index (χ1n) is 14.8. The number of carboxylic acid groups (broad SMARTS) is 1. The van der Waals surface area contributed by atoms with Crippen LogP contribution in [0.25, 0.3) is 0 Å². The van der Waals surface area contributed by atoms with Gasteiger partial charge in [0, 0.05) is 17.9 Å². The normalized spacial score (nSPS) is 47.6. The van der Waals surface area contributed by atoms with Gasteiger partial charge < -0.3 is 9.84 Å². The second-order valence-electron chi connectivity index (χ2n) is 14.9. The molecule has 2 spiro atoms. The minimum absolute atomic E-state index is 0.0639. The van der Waals surface area contributed by atoms with Gasteiger partial charge >= 0.3 is 11.9 Å². The zero-order valence-corrected chi connectivity index (χ0v) is 23.9. The number of ether oxygens (including phenoxy) is 1. The number of allylic oxidation sites excluding steroid dienone is 1. The van der Waals surface area contributed by atoms with Crippen molar-refractivity contribution < 1.29 is 19.4 Å². The SMILES string of the molecule is CC(=O)O[C@H]1CC[C@]23C[C@]24CC[C@]2(C)[C@@H]([C@H](C)CC/C=C(\C)C(=O)O)CC[C@@]2(C)[C@@H]4CC[C@H]3C1(C)C. The van der Waals surface area contributed by atoms with Crippen molar-refractivity contribution in [3.05, 3.63) is 11.6 Å². The van der Waals surface area contributed by atoms with Gasteiger partial charge in [0.05, 0.1) is 0 Å². The van der Waals surface area contributed by atoms with E-state index in [-0.39, 0.29) is 17.5 Å². The van der Waals surface area contributed by atoms with Crippen LogP contribution in [0.5, 0.6) is 0 Å². The van der Waals surface area contributed by atoms with Crippen LogP contribution in [0.3, 0.4) is 0 Å². The highest BCUT2D eigenvalue weighted by atomic mass is 16.5. The molecule has 0 radical (unpaired) electrons. The number of carbonyl (C=O) groups excluding carboxylic acids is 1. The summed E-state index contributed by atoms with van der Waals surface area (Å²) in [6, 6.07) is 0. The van der Waals surface area contributed by atoms with Crippen molar-refractivity contribution in [2.24, 2.45) is 50.7 Å². The summed E-state index contributed by atoms with van der Waals surface area (Å²) in [5, 5.41) is 9.20. The van der Waals surface area contributed by atoms with Gasteiger partial charge in [-0.05, 0) is 123 Å². The van der Waals surface area contributed by atoms with Crippen molar-refractivity contribution in [1.82, 2.24) is 0 Å². The van der Waals surface area contributed by atoms with E-state index in [1.54, 1.807) is 13.8 Å². The van der Waals surface area contributed by atoms with Crippen LogP contribution in [-0.2, 0) is 14.3 Å². The van der Waals surface area contributed by atoms with E-state index in [4.69, 9.17) is 4.74 Å². The Balaban J connectivity index is 1.35. The van der Waals surface area contributed by atoms with Crippen molar-refractivity contribution in [2.75, 3.05) is 0 Å². The summed E-state index contributed by atoms with van der Waals surface area (Å²) in [4.78, 5) is 23.0. The Morgan fingerprint density at radius 1 is 0.917 bits per heavy atom. The van der Waals surface area contributed by atoms with Crippen LogP contribution in [0.1, 0.15) is 119 Å². The van der Waals surface area contributed by atoms with Crippen molar-refractivity contribution >= 4 is 11.9 Å². The van der Waals surface area contributed by atoms with E-state index in [9.17, 15) is 14.7 Å². The maximum absolute atomic E-state index is 11.8. The van der Waals surface area contributed by atoms with Crippen LogP contribution < -0.4 is 0 Å². The van der Waals surface area contributed by atoms with Crippen molar-refractivity contribution in [1.29, 1.82) is 0 Å². The Morgan fingerprint density at radius 3 is 2.25 bits per heavy atom. The lowest BCUT2D eigenvalue weighted by Gasteiger charge is -2.63. The first-order valence-corrected chi connectivity index (χ1v) is 14.8. The van der Waals surface area contributed by atoms with Crippen LogP contribution in [0.2, 0.25) is 0 Å². The molecule has 0 unspecified atom stereocenters. The number of hydrogen-bond acceptors (Lipinski definition) is 3. The number of rotatable bonds is 6. The molecule has 0 aromatic carbocycles. The number of fused-ring (bicyclic) bond motifs is 2. The predicted molar refractivity (Wildman–Crippen MR) is 142 cm³/mol. The lowest BCUT2D eigenvalue weighted by Crippen LogP contribution is -2.58. The summed E-state index contributed by atoms with van der Waals surface area (Å²) in [6.45, 7) is 15.8. The van der Waals surface area contributed by atoms with Gasteiger partial charge in [0.25, 0.3) is 0 Å². The Bertz CT molecular complexity index is 965. The molecule has 0 heterocycles. The van der Waals surface area contributed by atoms with Crippen LogP contribution in [0.15, 0.2) is 11.6 Å². The van der Waals surface area contributed by atoms with Gasteiger partial charge in [-0.2, -0.15) is 0 Å². The van der Waals surface area contributed by atoms with Crippen LogP contribution in [0.4, 0.5) is 0 Å². The van der Waals surface area contributed by atoms with Gasteiger partial charge in [-0.3, -0.25) is 4.79 Å². The lowest BCUT2D eigenvalue weighted by atomic mass is 9.41. The summed E-state index contributed by atoms with van der Waals surface area (Å²) in [7, 11) is 0. The maximum atomic E-state index is 11.8. The number of aliphatic carboxylic acids is 1. The van der Waals surface area contributed by atoms with Gasteiger partial charge in [-0.15, -0.1) is 0 Å². The first-order chi connectivity index (χ1) is 16.8. The van der Waals surface area contributed by atoms with Crippen molar-refractivity contribution in [3.8, 4) is 0 Å². The molecule has 5 aliphatic carbocycles. The van der Waals surface area contributed by atoms with Crippen LogP contribution in [-0.4, -0.2) is 23.1 Å². The molecule has 36 heavy (non-hydrogen) atoms. The highest BCUT2D eigenvalue weighted by molar-refractivity contribution is 5.85. The highest BCUT2D eigenvalue weighted by Gasteiger charge is 2.82. The Hall–Kier alpha value is -1.32. The minimum Gasteiger partial charge on any atom is -0.478 e. The molecule has 5 aliphatic rings. The molecular weight excluding hydrogens is 448 g/mol. The average Bonchev–Trinajstić information content (AvgIpc) is 3.37. The third-order valence-corrected chi connectivity index (χ3v) is 13.5. The maximum Gasteiger partial charge on any atom is 0.330 e. The molecule has 1 N–H and O–H groups in total. The van der Waals surface area contributed by atoms with Crippen LogP contribution in [0, 0.1) is 50.7 Å². The largest absolute Gasteiger partial charge is 0.478 e. The van der Waals surface area contributed by atoms with E-state index in [0.29, 0.717) is 39.1 Å². The van der Waals surface area contributed by atoms with E-state index < -0.39 is 5.97 Å². The molecule has 202 valence electrons. The second kappa shape index (κ2) is 8.34. The fourth-order valence-corrected chi connectivity index (χ4v) is 11.5. The molecule has 0 aromatic rings. The topological polar surface area (TPSA) is 63.6 Å². The highest BCUT2D eigenvalue weighted by Crippen LogP contribution is 2.89. The third-order valence-electron chi connectivity index (χ3n) is 13.5. The Morgan fingerprint density at radius 2 is 1.58 bits per heavy atom. The summed E-state index contributed by atoms with van der Waals surface area (Å²) < 4.78 is 5.88. The van der Waals surface area contributed by atoms with Gasteiger partial charge in [-0.25, -0.2) is 4.79 Å². The van der Waals surface area contributed by atoms with E-state index in [2.05, 4.69) is 34.6 Å². The number of hydrogen-bond donors (Lipinski definition) is 1. The monoisotopic (exact) mass is 498 g/mol. The zero-order valence-electron chi connectivity index (χ0n) is 23.9. The molecule has 4 nitrogen and oxygen atoms in total. The third kappa shape index (κ3) is 3.37. The summed E-state index contributed by atoms with van der Waals surface area (Å²) >= 11 is 0. The minimum atomic E-state index is -0.792. The number of carboxylic acids is 1. The Labute approximate surface area is 219 Å². The first kappa shape index (κ1) is 26.3. The standard InChI is InChI=1S/C32H50O4/c1-20(9-8-10-21(2)27(34)35)23-13-15-30(7)25-12-11-24-28(4,5)26(36-22(3)33)14-16-31(24)19-32(25,31)18-17-29(23,30)6/h10,20,23-26H,8-9,11-19H2,1-7H3,(H,34,35)/b21-10+/t20-,23-,24+,25+,26+,29-,30+,31-,32+/m1/s1. The summed E-state index contributed by atoms with van der Waals surface area (Å²) in [5.41, 5.74) is 2.32. The fourth-order valence-electron chi connectivity index (χ4n) is 11.5. The molecule has 4 heteroatoms. The number of carbonyl (C=O) groups is 2. The lowest BCUT2D eigenvalue weighted by molar-refractivity contribution is -0.181. The van der Waals surface area contributed by atoms with E-state index in [1.165, 1.54) is 51.4 Å². The van der Waals surface area contributed by atoms with E-state index >= 15 is 0 Å². The molecule has 0 saturated heterocycles. The molecule has 5 fully saturated rings. The smallest absolute Gasteiger partial charge is 0.330 e. The van der Waals surface area contributed by atoms with E-state index in [1.807, 2.05) is 6.08 Å². The van der Waals surface area contributed by atoms with Gasteiger partial charge in [0.1, 0.15) is 6.10 Å². The zero-order chi connectivity index (χ0) is 26.3. The van der Waals surface area contributed by atoms with Gasteiger partial charge in [0.2, 0.25) is 0 Å². The Kier molecular flexibility index (Phi) is 6.09. The van der Waals surface area contributed by atoms with Crippen LogP contribution >= 0.6 is 0 Å². The fraction of sp³-hybridized carbons (Fsp3) is 0.875. The molecule has 5 saturated carbocycles. The molecule has 0 bridgehead atoms. The predicted octanol–water partition coefficient (Wildman–Crippen LogP) is 7.80. The molecule has 9 atom stereocenters. The molecular formula is C32H50O4.